The smallest absolute Gasteiger partial charge is 0.343 e. The van der Waals surface area contributed by atoms with Crippen molar-refractivity contribution in [1.29, 1.82) is 0 Å². The normalized spacial score (nSPS) is 24.9. The van der Waals surface area contributed by atoms with E-state index in [2.05, 4.69) is 16.8 Å². The Balaban J connectivity index is 1.47. The van der Waals surface area contributed by atoms with Gasteiger partial charge in [0.05, 0.1) is 34.2 Å². The Morgan fingerprint density at radius 3 is 2.55 bits per heavy atom. The van der Waals surface area contributed by atoms with E-state index < -0.39 is 23.5 Å². The summed E-state index contributed by atoms with van der Waals surface area (Å²) in [4.78, 5) is 27.1. The van der Waals surface area contributed by atoms with E-state index in [-0.39, 0.29) is 18.9 Å². The first-order valence-electron chi connectivity index (χ1n) is 14.3. The lowest BCUT2D eigenvalue weighted by Gasteiger charge is -2.37. The number of carbonyl (C=O) groups is 2. The van der Waals surface area contributed by atoms with Gasteiger partial charge in [-0.25, -0.2) is 4.79 Å². The molecule has 40 heavy (non-hydrogen) atoms. The van der Waals surface area contributed by atoms with Gasteiger partial charge in [-0.1, -0.05) is 62.6 Å². The molecule has 0 saturated carbocycles. The van der Waals surface area contributed by atoms with Gasteiger partial charge in [0, 0.05) is 34.5 Å². The topological polar surface area (TPSA) is 94.7 Å². The molecule has 1 unspecified atom stereocenters. The standard InChI is InChI=1S/C32H31N3O5/c1-3-4-5-10-15-39-30(37)32(38)16-23-34-21-13-8-6-11-18(21)25-26-20(17-33-29(26)36)24-19-12-7-9-14-22(19)35(28(24)27(25)34)31(32,2)40-23/h6-9,11-14,23,38H,3-5,10,15-17H2,1-2H3,(H,33,36)/t23?,31-,32-/m1/s1. The van der Waals surface area contributed by atoms with Crippen LogP contribution in [-0.4, -0.2) is 38.3 Å². The molecule has 3 atom stereocenters. The molecule has 5 heterocycles. The van der Waals surface area contributed by atoms with Gasteiger partial charge < -0.3 is 29.0 Å². The number of benzene rings is 3. The van der Waals surface area contributed by atoms with Crippen LogP contribution in [0.1, 0.15) is 68.1 Å². The maximum atomic E-state index is 13.8. The Bertz CT molecular complexity index is 1920. The predicted molar refractivity (Wildman–Crippen MR) is 152 cm³/mol. The van der Waals surface area contributed by atoms with Gasteiger partial charge in [0.25, 0.3) is 5.91 Å². The monoisotopic (exact) mass is 537 g/mol. The summed E-state index contributed by atoms with van der Waals surface area (Å²) in [6.45, 7) is 4.61. The molecule has 3 aliphatic heterocycles. The third kappa shape index (κ3) is 2.73. The highest BCUT2D eigenvalue weighted by Crippen LogP contribution is 2.57. The van der Waals surface area contributed by atoms with Crippen LogP contribution < -0.4 is 5.32 Å². The average Bonchev–Trinajstić information content (AvgIpc) is 3.65. The lowest BCUT2D eigenvalue weighted by atomic mass is 9.88. The van der Waals surface area contributed by atoms with E-state index in [4.69, 9.17) is 9.47 Å². The van der Waals surface area contributed by atoms with Crippen molar-refractivity contribution in [2.75, 3.05) is 6.61 Å². The molecular weight excluding hydrogens is 506 g/mol. The molecule has 204 valence electrons. The number of para-hydroxylation sites is 2. The van der Waals surface area contributed by atoms with Crippen molar-refractivity contribution in [3.8, 4) is 0 Å². The van der Waals surface area contributed by atoms with E-state index in [9.17, 15) is 14.7 Å². The zero-order valence-corrected chi connectivity index (χ0v) is 22.6. The van der Waals surface area contributed by atoms with Crippen LogP contribution in [0, 0.1) is 0 Å². The molecule has 1 fully saturated rings. The highest BCUT2D eigenvalue weighted by Gasteiger charge is 2.66. The molecule has 3 aromatic carbocycles. The molecule has 0 aliphatic carbocycles. The van der Waals surface area contributed by atoms with Crippen LogP contribution in [0.4, 0.5) is 0 Å². The van der Waals surface area contributed by atoms with Crippen LogP contribution in [0.2, 0.25) is 0 Å². The first kappa shape index (κ1) is 24.0. The lowest BCUT2D eigenvalue weighted by molar-refractivity contribution is -0.204. The van der Waals surface area contributed by atoms with Gasteiger partial charge >= 0.3 is 5.97 Å². The van der Waals surface area contributed by atoms with Crippen molar-refractivity contribution in [2.24, 2.45) is 0 Å². The molecule has 3 aliphatic rings. The summed E-state index contributed by atoms with van der Waals surface area (Å²) in [5.41, 5.74) is 1.75. The molecule has 8 nitrogen and oxygen atoms in total. The van der Waals surface area contributed by atoms with Gasteiger partial charge in [0.1, 0.15) is 6.23 Å². The van der Waals surface area contributed by atoms with Crippen LogP contribution in [0.15, 0.2) is 48.5 Å². The van der Waals surface area contributed by atoms with E-state index >= 15 is 0 Å². The van der Waals surface area contributed by atoms with E-state index in [1.165, 1.54) is 0 Å². The molecule has 5 aromatic rings. The molecule has 2 bridgehead atoms. The van der Waals surface area contributed by atoms with Crippen molar-refractivity contribution in [2.45, 2.75) is 70.1 Å². The van der Waals surface area contributed by atoms with Gasteiger partial charge in [-0.3, -0.25) is 4.79 Å². The number of ether oxygens (including phenoxy) is 2. The minimum atomic E-state index is -1.93. The van der Waals surface area contributed by atoms with Crippen molar-refractivity contribution in [1.82, 2.24) is 14.5 Å². The summed E-state index contributed by atoms with van der Waals surface area (Å²) in [5, 5.41) is 19.2. The molecular formula is C32H31N3O5. The lowest BCUT2D eigenvalue weighted by Crippen LogP contribution is -2.56. The Morgan fingerprint density at radius 2 is 1.77 bits per heavy atom. The minimum absolute atomic E-state index is 0.0296. The molecule has 8 heteroatoms. The van der Waals surface area contributed by atoms with Gasteiger partial charge in [-0.2, -0.15) is 0 Å². The summed E-state index contributed by atoms with van der Waals surface area (Å²) in [6.07, 6.45) is 3.28. The highest BCUT2D eigenvalue weighted by atomic mass is 16.6. The number of unbranched alkanes of at least 4 members (excludes halogenated alkanes) is 3. The highest BCUT2D eigenvalue weighted by molar-refractivity contribution is 6.31. The Kier molecular flexibility index (Phi) is 4.84. The quantitative estimate of drug-likeness (QED) is 0.217. The first-order chi connectivity index (χ1) is 19.4. The maximum absolute atomic E-state index is 13.8. The molecule has 2 aromatic heterocycles. The number of carbonyl (C=O) groups excluding carboxylic acids is 2. The first-order valence-corrected chi connectivity index (χ1v) is 14.3. The fourth-order valence-corrected chi connectivity index (χ4v) is 7.53. The van der Waals surface area contributed by atoms with Gasteiger partial charge in [0.2, 0.25) is 5.60 Å². The van der Waals surface area contributed by atoms with Crippen LogP contribution in [0.3, 0.4) is 0 Å². The largest absolute Gasteiger partial charge is 0.463 e. The van der Waals surface area contributed by atoms with E-state index in [0.717, 1.165) is 74.9 Å². The summed E-state index contributed by atoms with van der Waals surface area (Å²) in [7, 11) is 0. The average molecular weight is 538 g/mol. The molecule has 0 radical (unpaired) electrons. The number of hydrogen-bond acceptors (Lipinski definition) is 5. The molecule has 1 amide bonds. The van der Waals surface area contributed by atoms with E-state index in [1.54, 1.807) is 6.92 Å². The number of aliphatic hydroxyl groups is 1. The van der Waals surface area contributed by atoms with Gasteiger partial charge in [0.15, 0.2) is 5.72 Å². The fraction of sp³-hybridized carbons (Fsp3) is 0.375. The second-order valence-electron chi connectivity index (χ2n) is 11.5. The van der Waals surface area contributed by atoms with Crippen molar-refractivity contribution in [3.63, 3.8) is 0 Å². The summed E-state index contributed by atoms with van der Waals surface area (Å²) < 4.78 is 16.7. The summed E-state index contributed by atoms with van der Waals surface area (Å²) >= 11 is 0. The zero-order valence-electron chi connectivity index (χ0n) is 22.6. The fourth-order valence-electron chi connectivity index (χ4n) is 7.53. The minimum Gasteiger partial charge on any atom is -0.463 e. The summed E-state index contributed by atoms with van der Waals surface area (Å²) in [5.74, 6) is -0.740. The van der Waals surface area contributed by atoms with Crippen LogP contribution in [-0.2, 0) is 26.5 Å². The molecule has 1 saturated heterocycles. The summed E-state index contributed by atoms with van der Waals surface area (Å²) in [6, 6.07) is 16.0. The Morgan fingerprint density at radius 1 is 1.05 bits per heavy atom. The number of hydrogen-bond donors (Lipinski definition) is 2. The molecule has 0 spiro atoms. The van der Waals surface area contributed by atoms with E-state index in [1.807, 2.05) is 53.1 Å². The number of fused-ring (bicyclic) bond motifs is 13. The maximum Gasteiger partial charge on any atom is 0.343 e. The number of esters is 1. The van der Waals surface area contributed by atoms with Crippen molar-refractivity contribution in [3.05, 3.63) is 59.7 Å². The number of nitrogens with one attached hydrogen (secondary N) is 1. The SMILES string of the molecule is CCCCCCOC(=O)[C@]1(O)CC2O[C@@]1(C)n1c3ccccc3c3c4c(c5c6ccccc6n2c5c31)C(=O)NC4. The zero-order chi connectivity index (χ0) is 27.4. The van der Waals surface area contributed by atoms with Crippen LogP contribution in [0.25, 0.3) is 43.6 Å². The van der Waals surface area contributed by atoms with Gasteiger partial charge in [-0.15, -0.1) is 0 Å². The number of rotatable bonds is 6. The Hall–Kier alpha value is -3.88. The second-order valence-corrected chi connectivity index (χ2v) is 11.5. The molecule has 2 N–H and O–H groups in total. The third-order valence-electron chi connectivity index (χ3n) is 9.40. The van der Waals surface area contributed by atoms with Crippen molar-refractivity contribution >= 4 is 55.5 Å². The third-order valence-corrected chi connectivity index (χ3v) is 9.40. The van der Waals surface area contributed by atoms with E-state index in [0.29, 0.717) is 12.1 Å². The second kappa shape index (κ2) is 8.08. The predicted octanol–water partition coefficient (Wildman–Crippen LogP) is 5.61. The van der Waals surface area contributed by atoms with Crippen LogP contribution >= 0.6 is 0 Å². The molecule has 8 rings (SSSR count). The number of amides is 1. The van der Waals surface area contributed by atoms with Crippen LogP contribution in [0.5, 0.6) is 0 Å². The van der Waals surface area contributed by atoms with Gasteiger partial charge in [-0.05, 0) is 31.0 Å². The Labute approximate surface area is 230 Å². The van der Waals surface area contributed by atoms with Crippen molar-refractivity contribution < 1.29 is 24.2 Å². The number of nitrogens with zero attached hydrogens (tertiary/aromatic N) is 2. The number of aromatic nitrogens is 2.